The fourth-order valence-electron chi connectivity index (χ4n) is 2.27. The Bertz CT molecular complexity index is 1020. The highest BCUT2D eigenvalue weighted by Gasteiger charge is 2.15. The molecule has 0 fully saturated rings. The van der Waals surface area contributed by atoms with Gasteiger partial charge in [-0.05, 0) is 36.4 Å². The Balaban J connectivity index is 1.61. The van der Waals surface area contributed by atoms with Crippen LogP contribution in [0.25, 0.3) is 34.6 Å². The Labute approximate surface area is 140 Å². The molecule has 0 saturated carbocycles. The lowest BCUT2D eigenvalue weighted by atomic mass is 10.1. The number of benzene rings is 1. The molecule has 0 amide bonds. The predicted octanol–water partition coefficient (Wildman–Crippen LogP) is 3.97. The molecule has 4 rings (SSSR count). The minimum Gasteiger partial charge on any atom is -0.451 e. The van der Waals surface area contributed by atoms with Gasteiger partial charge in [-0.1, -0.05) is 6.07 Å². The van der Waals surface area contributed by atoms with Crippen molar-refractivity contribution in [2.45, 2.75) is 0 Å². The third kappa shape index (κ3) is 2.88. The molecule has 0 aliphatic heterocycles. The fraction of sp³-hybridized carbons (Fsp3) is 0. The van der Waals surface area contributed by atoms with E-state index in [9.17, 15) is 10.1 Å². The molecule has 0 unspecified atom stereocenters. The molecule has 3 heterocycles. The van der Waals surface area contributed by atoms with Crippen LogP contribution in [0.2, 0.25) is 0 Å². The molecule has 8 nitrogen and oxygen atoms in total. The van der Waals surface area contributed by atoms with Crippen molar-refractivity contribution in [1.82, 2.24) is 15.2 Å². The van der Waals surface area contributed by atoms with Crippen LogP contribution in [-0.4, -0.2) is 20.1 Å². The van der Waals surface area contributed by atoms with Gasteiger partial charge < -0.3 is 8.83 Å². The van der Waals surface area contributed by atoms with Crippen molar-refractivity contribution in [3.8, 4) is 34.6 Å². The number of hydrogen-bond acceptors (Lipinski definition) is 7. The van der Waals surface area contributed by atoms with Gasteiger partial charge in [-0.15, -0.1) is 10.2 Å². The molecule has 8 heteroatoms. The first-order valence-electron chi connectivity index (χ1n) is 7.30. The standard InChI is InChI=1S/C17H10N4O4/c22-21(23)12-6-4-11(5-7-12)14-8-9-15(24-14)17-20-19-16(25-17)13-3-1-2-10-18-13/h1-10H. The van der Waals surface area contributed by atoms with Gasteiger partial charge in [-0.3, -0.25) is 15.1 Å². The number of nitro benzene ring substituents is 1. The number of nitrogens with zero attached hydrogens (tertiary/aromatic N) is 4. The van der Waals surface area contributed by atoms with Crippen molar-refractivity contribution in [3.05, 3.63) is 70.9 Å². The molecule has 0 N–H and O–H groups in total. The monoisotopic (exact) mass is 334 g/mol. The first-order chi connectivity index (χ1) is 12.2. The number of aromatic nitrogens is 3. The maximum atomic E-state index is 10.7. The zero-order chi connectivity index (χ0) is 17.2. The molecule has 0 atom stereocenters. The van der Waals surface area contributed by atoms with Crippen molar-refractivity contribution in [3.63, 3.8) is 0 Å². The van der Waals surface area contributed by atoms with Crippen molar-refractivity contribution in [1.29, 1.82) is 0 Å². The minimum atomic E-state index is -0.449. The smallest absolute Gasteiger partial charge is 0.283 e. The summed E-state index contributed by atoms with van der Waals surface area (Å²) in [6, 6.07) is 14.9. The van der Waals surface area contributed by atoms with Crippen LogP contribution < -0.4 is 0 Å². The normalized spacial score (nSPS) is 10.7. The summed E-state index contributed by atoms with van der Waals surface area (Å²) in [6.45, 7) is 0. The lowest BCUT2D eigenvalue weighted by Crippen LogP contribution is -1.86. The van der Waals surface area contributed by atoms with Crippen LogP contribution in [0.4, 0.5) is 5.69 Å². The Morgan fingerprint density at radius 1 is 0.840 bits per heavy atom. The van der Waals surface area contributed by atoms with E-state index >= 15 is 0 Å². The molecule has 0 spiro atoms. The molecule has 0 aliphatic carbocycles. The molecule has 0 saturated heterocycles. The summed E-state index contributed by atoms with van der Waals surface area (Å²) in [6.07, 6.45) is 1.64. The van der Waals surface area contributed by atoms with Crippen LogP contribution in [0.1, 0.15) is 0 Å². The van der Waals surface area contributed by atoms with Gasteiger partial charge in [0.15, 0.2) is 5.76 Å². The highest BCUT2D eigenvalue weighted by atomic mass is 16.6. The summed E-state index contributed by atoms with van der Waals surface area (Å²) >= 11 is 0. The first kappa shape index (κ1) is 14.8. The number of pyridine rings is 1. The fourth-order valence-corrected chi connectivity index (χ4v) is 2.27. The van der Waals surface area contributed by atoms with Crippen LogP contribution in [0.5, 0.6) is 0 Å². The predicted molar refractivity (Wildman–Crippen MR) is 87.3 cm³/mol. The Morgan fingerprint density at radius 3 is 2.32 bits per heavy atom. The van der Waals surface area contributed by atoms with E-state index in [0.29, 0.717) is 28.7 Å². The van der Waals surface area contributed by atoms with Crippen molar-refractivity contribution in [2.24, 2.45) is 0 Å². The summed E-state index contributed by atoms with van der Waals surface area (Å²) in [4.78, 5) is 14.4. The molecule has 25 heavy (non-hydrogen) atoms. The molecule has 0 radical (unpaired) electrons. The number of hydrogen-bond donors (Lipinski definition) is 0. The van der Waals surface area contributed by atoms with Crippen molar-refractivity contribution >= 4 is 5.69 Å². The Kier molecular flexibility index (Phi) is 3.55. The van der Waals surface area contributed by atoms with Gasteiger partial charge in [-0.2, -0.15) is 0 Å². The van der Waals surface area contributed by atoms with Gasteiger partial charge in [0.25, 0.3) is 17.5 Å². The molecule has 0 aliphatic rings. The quantitative estimate of drug-likeness (QED) is 0.410. The summed E-state index contributed by atoms with van der Waals surface area (Å²) in [5, 5.41) is 18.6. The van der Waals surface area contributed by atoms with Gasteiger partial charge in [0.05, 0.1) is 4.92 Å². The van der Waals surface area contributed by atoms with E-state index in [1.807, 2.05) is 6.07 Å². The van der Waals surface area contributed by atoms with Crippen molar-refractivity contribution < 1.29 is 13.8 Å². The number of furan rings is 1. The molecule has 122 valence electrons. The van der Waals surface area contributed by atoms with E-state index in [1.165, 1.54) is 12.1 Å². The van der Waals surface area contributed by atoms with Gasteiger partial charge in [0, 0.05) is 23.9 Å². The van der Waals surface area contributed by atoms with Crippen molar-refractivity contribution in [2.75, 3.05) is 0 Å². The van der Waals surface area contributed by atoms with Gasteiger partial charge in [0.2, 0.25) is 0 Å². The average molecular weight is 334 g/mol. The topological polar surface area (TPSA) is 108 Å². The summed E-state index contributed by atoms with van der Waals surface area (Å²) in [5.74, 6) is 1.48. The van der Waals surface area contributed by atoms with Gasteiger partial charge in [0.1, 0.15) is 11.5 Å². The zero-order valence-corrected chi connectivity index (χ0v) is 12.7. The first-order valence-corrected chi connectivity index (χ1v) is 7.30. The number of non-ortho nitro benzene ring substituents is 1. The van der Waals surface area contributed by atoms with Crippen LogP contribution in [0.3, 0.4) is 0 Å². The summed E-state index contributed by atoms with van der Waals surface area (Å²) < 4.78 is 11.3. The molecule has 0 bridgehead atoms. The second-order valence-electron chi connectivity index (χ2n) is 5.10. The molecule has 3 aromatic heterocycles. The van der Waals surface area contributed by atoms with Gasteiger partial charge >= 0.3 is 0 Å². The number of nitro groups is 1. The lowest BCUT2D eigenvalue weighted by Gasteiger charge is -1.96. The van der Waals surface area contributed by atoms with Gasteiger partial charge in [-0.25, -0.2) is 0 Å². The summed E-state index contributed by atoms with van der Waals surface area (Å²) in [7, 11) is 0. The van der Waals surface area contributed by atoms with E-state index in [-0.39, 0.29) is 11.6 Å². The van der Waals surface area contributed by atoms with E-state index in [1.54, 1.807) is 42.6 Å². The zero-order valence-electron chi connectivity index (χ0n) is 12.7. The molecular formula is C17H10N4O4. The third-order valence-corrected chi connectivity index (χ3v) is 3.49. The van der Waals surface area contributed by atoms with Crippen LogP contribution in [0.15, 0.2) is 69.6 Å². The molecular weight excluding hydrogens is 324 g/mol. The maximum absolute atomic E-state index is 10.7. The van der Waals surface area contributed by atoms with E-state index < -0.39 is 4.92 Å². The van der Waals surface area contributed by atoms with E-state index in [0.717, 1.165) is 0 Å². The highest BCUT2D eigenvalue weighted by molar-refractivity contribution is 5.62. The van der Waals surface area contributed by atoms with Crippen LogP contribution in [0, 0.1) is 10.1 Å². The minimum absolute atomic E-state index is 0.0208. The Morgan fingerprint density at radius 2 is 1.60 bits per heavy atom. The molecule has 1 aromatic carbocycles. The van der Waals surface area contributed by atoms with E-state index in [2.05, 4.69) is 15.2 Å². The molecule has 4 aromatic rings. The Hall–Kier alpha value is -3.81. The number of rotatable bonds is 4. The SMILES string of the molecule is O=[N+]([O-])c1ccc(-c2ccc(-c3nnc(-c4ccccn4)o3)o2)cc1. The van der Waals surface area contributed by atoms with Crippen LogP contribution >= 0.6 is 0 Å². The van der Waals surface area contributed by atoms with Crippen LogP contribution in [-0.2, 0) is 0 Å². The maximum Gasteiger partial charge on any atom is 0.283 e. The van der Waals surface area contributed by atoms with E-state index in [4.69, 9.17) is 8.83 Å². The largest absolute Gasteiger partial charge is 0.451 e. The highest BCUT2D eigenvalue weighted by Crippen LogP contribution is 2.30. The second kappa shape index (κ2) is 6.00. The lowest BCUT2D eigenvalue weighted by molar-refractivity contribution is -0.384. The third-order valence-electron chi connectivity index (χ3n) is 3.49. The average Bonchev–Trinajstić information content (AvgIpc) is 3.32. The summed E-state index contributed by atoms with van der Waals surface area (Å²) in [5.41, 5.74) is 1.30. The second-order valence-corrected chi connectivity index (χ2v) is 5.10.